The summed E-state index contributed by atoms with van der Waals surface area (Å²) in [6, 6.07) is 16.3. The molecule has 0 bridgehead atoms. The van der Waals surface area contributed by atoms with Gasteiger partial charge >= 0.3 is 0 Å². The van der Waals surface area contributed by atoms with Gasteiger partial charge in [0.1, 0.15) is 0 Å². The van der Waals surface area contributed by atoms with Crippen LogP contribution >= 0.6 is 11.8 Å². The molecular weight excluding hydrogens is 304 g/mol. The molecule has 0 aromatic heterocycles. The SMILES string of the molecule is CSc1ccccc1NC(=O)[C@@H](C)N1CCc2ccccc2C1. The molecule has 0 unspecified atom stereocenters. The Morgan fingerprint density at radius 1 is 1.13 bits per heavy atom. The van der Waals surface area contributed by atoms with E-state index in [2.05, 4.69) is 34.5 Å². The van der Waals surface area contributed by atoms with Gasteiger partial charge in [0.15, 0.2) is 0 Å². The lowest BCUT2D eigenvalue weighted by molar-refractivity contribution is -0.121. The first kappa shape index (κ1) is 16.1. The summed E-state index contributed by atoms with van der Waals surface area (Å²) in [5.41, 5.74) is 3.64. The minimum atomic E-state index is -0.140. The molecule has 3 rings (SSSR count). The van der Waals surface area contributed by atoms with E-state index < -0.39 is 0 Å². The van der Waals surface area contributed by atoms with Crippen LogP contribution < -0.4 is 5.32 Å². The molecule has 0 fully saturated rings. The Bertz CT molecular complexity index is 701. The van der Waals surface area contributed by atoms with Crippen LogP contribution in [0.15, 0.2) is 53.4 Å². The summed E-state index contributed by atoms with van der Waals surface area (Å²) in [6.45, 7) is 3.76. The fourth-order valence-corrected chi connectivity index (χ4v) is 3.55. The third-order valence-corrected chi connectivity index (χ3v) is 5.25. The van der Waals surface area contributed by atoms with Gasteiger partial charge < -0.3 is 5.32 Å². The van der Waals surface area contributed by atoms with Gasteiger partial charge in [-0.25, -0.2) is 0 Å². The fourth-order valence-electron chi connectivity index (χ4n) is 3.00. The summed E-state index contributed by atoms with van der Waals surface area (Å²) in [5, 5.41) is 3.08. The summed E-state index contributed by atoms with van der Waals surface area (Å²) in [5.74, 6) is 0.0610. The smallest absolute Gasteiger partial charge is 0.241 e. The highest BCUT2D eigenvalue weighted by molar-refractivity contribution is 7.98. The lowest BCUT2D eigenvalue weighted by atomic mass is 9.99. The molecule has 3 nitrogen and oxygen atoms in total. The molecule has 1 N–H and O–H groups in total. The number of carbonyl (C=O) groups is 1. The highest BCUT2D eigenvalue weighted by Crippen LogP contribution is 2.25. The second kappa shape index (κ2) is 7.20. The number of rotatable bonds is 4. The molecule has 23 heavy (non-hydrogen) atoms. The minimum absolute atomic E-state index is 0.0610. The van der Waals surface area contributed by atoms with Crippen LogP contribution in [0.4, 0.5) is 5.69 Å². The van der Waals surface area contributed by atoms with Crippen LogP contribution in [0.2, 0.25) is 0 Å². The van der Waals surface area contributed by atoms with E-state index in [9.17, 15) is 4.79 Å². The molecule has 120 valence electrons. The first-order valence-corrected chi connectivity index (χ1v) is 9.16. The van der Waals surface area contributed by atoms with Crippen molar-refractivity contribution in [3.8, 4) is 0 Å². The molecule has 0 aliphatic carbocycles. The predicted octanol–water partition coefficient (Wildman–Crippen LogP) is 3.79. The Hall–Kier alpha value is -1.78. The highest BCUT2D eigenvalue weighted by atomic mass is 32.2. The molecule has 2 aromatic carbocycles. The lowest BCUT2D eigenvalue weighted by Gasteiger charge is -2.33. The molecular formula is C19H22N2OS. The van der Waals surface area contributed by atoms with Crippen molar-refractivity contribution in [1.29, 1.82) is 0 Å². The van der Waals surface area contributed by atoms with Gasteiger partial charge in [-0.2, -0.15) is 0 Å². The normalized spacial score (nSPS) is 15.7. The van der Waals surface area contributed by atoms with Crippen LogP contribution in [0.25, 0.3) is 0 Å². The van der Waals surface area contributed by atoms with E-state index in [1.54, 1.807) is 11.8 Å². The van der Waals surface area contributed by atoms with Gasteiger partial charge in [0.05, 0.1) is 11.7 Å². The molecule has 0 saturated heterocycles. The molecule has 0 spiro atoms. The number of thioether (sulfide) groups is 1. The topological polar surface area (TPSA) is 32.3 Å². The molecule has 2 aromatic rings. The Labute approximate surface area is 142 Å². The Morgan fingerprint density at radius 2 is 1.83 bits per heavy atom. The van der Waals surface area contributed by atoms with Crippen molar-refractivity contribution in [3.63, 3.8) is 0 Å². The second-order valence-electron chi connectivity index (χ2n) is 5.85. The average molecular weight is 326 g/mol. The van der Waals surface area contributed by atoms with E-state index in [1.807, 2.05) is 37.4 Å². The number of anilines is 1. The largest absolute Gasteiger partial charge is 0.324 e. The maximum atomic E-state index is 12.6. The van der Waals surface area contributed by atoms with E-state index in [4.69, 9.17) is 0 Å². The summed E-state index contributed by atoms with van der Waals surface area (Å²) in [4.78, 5) is 16.0. The zero-order chi connectivity index (χ0) is 16.2. The number of nitrogens with zero attached hydrogens (tertiary/aromatic N) is 1. The summed E-state index contributed by atoms with van der Waals surface area (Å²) in [6.07, 6.45) is 3.03. The Morgan fingerprint density at radius 3 is 2.61 bits per heavy atom. The first-order chi connectivity index (χ1) is 11.2. The van der Waals surface area contributed by atoms with Gasteiger partial charge in [-0.15, -0.1) is 11.8 Å². The standard InChI is InChI=1S/C19H22N2OS/c1-14(19(22)20-17-9-5-6-10-18(17)23-2)21-12-11-15-7-3-4-8-16(15)13-21/h3-10,14H,11-13H2,1-2H3,(H,20,22)/t14-/m1/s1. The number of hydrogen-bond acceptors (Lipinski definition) is 3. The number of para-hydroxylation sites is 1. The number of benzene rings is 2. The molecule has 4 heteroatoms. The minimum Gasteiger partial charge on any atom is -0.324 e. The van der Waals surface area contributed by atoms with E-state index in [0.29, 0.717) is 0 Å². The number of fused-ring (bicyclic) bond motifs is 1. The first-order valence-electron chi connectivity index (χ1n) is 7.93. The third kappa shape index (κ3) is 3.59. The summed E-state index contributed by atoms with van der Waals surface area (Å²) < 4.78 is 0. The van der Waals surface area contributed by atoms with Crippen LogP contribution in [0.3, 0.4) is 0 Å². The molecule has 1 aliphatic rings. The van der Waals surface area contributed by atoms with Crippen LogP contribution in [-0.2, 0) is 17.8 Å². The van der Waals surface area contributed by atoms with Gasteiger partial charge in [-0.05, 0) is 42.9 Å². The van der Waals surface area contributed by atoms with E-state index in [-0.39, 0.29) is 11.9 Å². The van der Waals surface area contributed by atoms with Crippen LogP contribution in [-0.4, -0.2) is 29.6 Å². The van der Waals surface area contributed by atoms with Crippen molar-refractivity contribution in [3.05, 3.63) is 59.7 Å². The van der Waals surface area contributed by atoms with Gasteiger partial charge in [0, 0.05) is 18.0 Å². The van der Waals surface area contributed by atoms with Gasteiger partial charge in [0.2, 0.25) is 5.91 Å². The number of hydrogen-bond donors (Lipinski definition) is 1. The molecule has 1 amide bonds. The monoisotopic (exact) mass is 326 g/mol. The summed E-state index contributed by atoms with van der Waals surface area (Å²) in [7, 11) is 0. The fraction of sp³-hybridized carbons (Fsp3) is 0.316. The van der Waals surface area contributed by atoms with Crippen molar-refractivity contribution in [2.75, 3.05) is 18.1 Å². The highest BCUT2D eigenvalue weighted by Gasteiger charge is 2.25. The molecule has 1 heterocycles. The van der Waals surface area contributed by atoms with E-state index >= 15 is 0 Å². The maximum Gasteiger partial charge on any atom is 0.241 e. The number of amides is 1. The summed E-state index contributed by atoms with van der Waals surface area (Å²) >= 11 is 1.65. The second-order valence-corrected chi connectivity index (χ2v) is 6.70. The lowest BCUT2D eigenvalue weighted by Crippen LogP contribution is -2.44. The molecule has 1 aliphatic heterocycles. The molecule has 0 radical (unpaired) electrons. The maximum absolute atomic E-state index is 12.6. The van der Waals surface area contributed by atoms with Crippen molar-refractivity contribution in [1.82, 2.24) is 4.90 Å². The quantitative estimate of drug-likeness (QED) is 0.868. The predicted molar refractivity (Wildman–Crippen MR) is 96.9 cm³/mol. The van der Waals surface area contributed by atoms with E-state index in [0.717, 1.165) is 30.1 Å². The van der Waals surface area contributed by atoms with Gasteiger partial charge in [0.25, 0.3) is 0 Å². The molecule has 0 saturated carbocycles. The number of carbonyl (C=O) groups excluding carboxylic acids is 1. The van der Waals surface area contributed by atoms with Crippen molar-refractivity contribution in [2.45, 2.75) is 30.8 Å². The van der Waals surface area contributed by atoms with Crippen LogP contribution in [0, 0.1) is 0 Å². The Balaban J connectivity index is 1.69. The molecule has 1 atom stereocenters. The van der Waals surface area contributed by atoms with Gasteiger partial charge in [-0.1, -0.05) is 36.4 Å². The van der Waals surface area contributed by atoms with Crippen LogP contribution in [0.5, 0.6) is 0 Å². The van der Waals surface area contributed by atoms with Crippen molar-refractivity contribution >= 4 is 23.4 Å². The van der Waals surface area contributed by atoms with E-state index in [1.165, 1.54) is 11.1 Å². The van der Waals surface area contributed by atoms with Gasteiger partial charge in [-0.3, -0.25) is 9.69 Å². The zero-order valence-corrected chi connectivity index (χ0v) is 14.4. The van der Waals surface area contributed by atoms with Crippen molar-refractivity contribution in [2.24, 2.45) is 0 Å². The zero-order valence-electron chi connectivity index (χ0n) is 13.6. The van der Waals surface area contributed by atoms with Crippen LogP contribution in [0.1, 0.15) is 18.1 Å². The average Bonchev–Trinajstić information content (AvgIpc) is 2.61. The Kier molecular flexibility index (Phi) is 5.03. The van der Waals surface area contributed by atoms with Crippen molar-refractivity contribution < 1.29 is 4.79 Å². The third-order valence-electron chi connectivity index (χ3n) is 4.45. The number of nitrogens with one attached hydrogen (secondary N) is 1.